The highest BCUT2D eigenvalue weighted by Gasteiger charge is 2.18. The minimum atomic E-state index is 0.901. The van der Waals surface area contributed by atoms with Gasteiger partial charge in [0.15, 0.2) is 0 Å². The fraction of sp³-hybridized carbons (Fsp3) is 0.200. The van der Waals surface area contributed by atoms with E-state index < -0.39 is 0 Å². The fourth-order valence-electron chi connectivity index (χ4n) is 2.73. The minimum Gasteiger partial charge on any atom is -0.313 e. The Kier molecular flexibility index (Phi) is 5.12. The Hall–Kier alpha value is -1.26. The van der Waals surface area contributed by atoms with Gasteiger partial charge in [0.05, 0.1) is 5.69 Å². The van der Waals surface area contributed by atoms with E-state index in [1.807, 2.05) is 6.08 Å². The Morgan fingerprint density at radius 2 is 1.61 bits per heavy atom. The molecule has 0 amide bonds. The second-order valence-corrected chi connectivity index (χ2v) is 7.55. The van der Waals surface area contributed by atoms with E-state index in [4.69, 9.17) is 11.6 Å². The first-order chi connectivity index (χ1) is 11.0. The van der Waals surface area contributed by atoms with E-state index in [2.05, 4.69) is 89.9 Å². The summed E-state index contributed by atoms with van der Waals surface area (Å²) in [6.07, 6.45) is 6.01. The molecule has 2 aromatic rings. The second-order valence-electron chi connectivity index (χ2n) is 5.90. The van der Waals surface area contributed by atoms with Crippen molar-refractivity contribution in [1.82, 2.24) is 0 Å². The molecule has 0 spiro atoms. The highest BCUT2D eigenvalue weighted by molar-refractivity contribution is 14.1. The van der Waals surface area contributed by atoms with Gasteiger partial charge < -0.3 is 4.90 Å². The molecular weight excluding hydrogens is 417 g/mol. The molecule has 0 saturated heterocycles. The molecule has 1 nitrogen and oxygen atoms in total. The number of nitrogens with zero attached hydrogens (tertiary/aromatic N) is 1. The molecule has 3 heteroatoms. The van der Waals surface area contributed by atoms with E-state index in [0.29, 0.717) is 0 Å². The van der Waals surface area contributed by atoms with Crippen LogP contribution in [0.15, 0.2) is 65.3 Å². The first kappa shape index (κ1) is 16.6. The number of benzene rings is 2. The molecule has 0 radical (unpaired) electrons. The van der Waals surface area contributed by atoms with Crippen molar-refractivity contribution in [1.29, 1.82) is 0 Å². The van der Waals surface area contributed by atoms with Crippen molar-refractivity contribution in [2.75, 3.05) is 4.90 Å². The topological polar surface area (TPSA) is 3.24 Å². The van der Waals surface area contributed by atoms with Gasteiger partial charge in [-0.15, -0.1) is 0 Å². The van der Waals surface area contributed by atoms with Crippen LogP contribution in [0.25, 0.3) is 0 Å². The Bertz CT molecular complexity index is 775. The molecule has 3 rings (SSSR count). The molecule has 2 aromatic carbocycles. The van der Waals surface area contributed by atoms with E-state index in [9.17, 15) is 0 Å². The number of anilines is 2. The van der Waals surface area contributed by atoms with Gasteiger partial charge in [-0.3, -0.25) is 0 Å². The smallest absolute Gasteiger partial charge is 0.0592 e. The summed E-state index contributed by atoms with van der Waals surface area (Å²) in [7, 11) is 0. The molecule has 0 N–H and O–H groups in total. The van der Waals surface area contributed by atoms with Crippen molar-refractivity contribution in [2.24, 2.45) is 0 Å². The lowest BCUT2D eigenvalue weighted by Crippen LogP contribution is -2.18. The average Bonchev–Trinajstić information content (AvgIpc) is 2.53. The van der Waals surface area contributed by atoms with Crippen LogP contribution in [-0.4, -0.2) is 0 Å². The van der Waals surface area contributed by atoms with E-state index in [-0.39, 0.29) is 0 Å². The van der Waals surface area contributed by atoms with Crippen molar-refractivity contribution < 1.29 is 0 Å². The van der Waals surface area contributed by atoms with Crippen molar-refractivity contribution in [3.8, 4) is 0 Å². The van der Waals surface area contributed by atoms with Crippen LogP contribution in [0.5, 0.6) is 0 Å². The first-order valence-corrected chi connectivity index (χ1v) is 9.18. The summed E-state index contributed by atoms with van der Waals surface area (Å²) in [6, 6.07) is 15.3. The summed E-state index contributed by atoms with van der Waals surface area (Å²) in [5, 5.41) is 0.927. The molecule has 0 bridgehead atoms. The van der Waals surface area contributed by atoms with Crippen molar-refractivity contribution >= 4 is 45.6 Å². The molecule has 0 aliphatic heterocycles. The maximum absolute atomic E-state index is 6.15. The van der Waals surface area contributed by atoms with Gasteiger partial charge in [-0.25, -0.2) is 0 Å². The molecular formula is C20H19ClIN. The number of rotatable bonds is 3. The molecule has 0 unspecified atom stereocenters. The second kappa shape index (κ2) is 7.10. The SMILES string of the molecule is Cc1ccc(N(C2=CC=C(Cl)CC2)c2ccc(C)cc2I)cc1. The quantitative estimate of drug-likeness (QED) is 0.477. The van der Waals surface area contributed by atoms with E-state index >= 15 is 0 Å². The third kappa shape index (κ3) is 3.81. The third-order valence-electron chi connectivity index (χ3n) is 4.00. The predicted molar refractivity (Wildman–Crippen MR) is 108 cm³/mol. The highest BCUT2D eigenvalue weighted by Crippen LogP contribution is 2.37. The van der Waals surface area contributed by atoms with Crippen molar-refractivity contribution in [2.45, 2.75) is 26.7 Å². The third-order valence-corrected chi connectivity index (χ3v) is 5.18. The van der Waals surface area contributed by atoms with Gasteiger partial charge in [0.2, 0.25) is 0 Å². The normalized spacial score (nSPS) is 14.3. The number of aryl methyl sites for hydroxylation is 2. The Labute approximate surface area is 156 Å². The maximum Gasteiger partial charge on any atom is 0.0592 e. The van der Waals surface area contributed by atoms with Crippen molar-refractivity contribution in [3.63, 3.8) is 0 Å². The zero-order chi connectivity index (χ0) is 16.4. The van der Waals surface area contributed by atoms with Crippen LogP contribution in [0.3, 0.4) is 0 Å². The Balaban J connectivity index is 2.12. The maximum atomic E-state index is 6.15. The van der Waals surface area contributed by atoms with Crippen molar-refractivity contribution in [3.05, 3.63) is 80.0 Å². The van der Waals surface area contributed by atoms with Gasteiger partial charge >= 0.3 is 0 Å². The predicted octanol–water partition coefficient (Wildman–Crippen LogP) is 6.85. The summed E-state index contributed by atoms with van der Waals surface area (Å²) in [6.45, 7) is 4.25. The fourth-order valence-corrected chi connectivity index (χ4v) is 3.80. The van der Waals surface area contributed by atoms with E-state index in [0.717, 1.165) is 17.9 Å². The van der Waals surface area contributed by atoms with Gasteiger partial charge in [-0.1, -0.05) is 35.4 Å². The van der Waals surface area contributed by atoms with Gasteiger partial charge in [0, 0.05) is 20.0 Å². The van der Waals surface area contributed by atoms with Crippen LogP contribution >= 0.6 is 34.2 Å². The van der Waals surface area contributed by atoms with Crippen LogP contribution in [0.2, 0.25) is 0 Å². The van der Waals surface area contributed by atoms with Gasteiger partial charge in [-0.05, 0) is 91.3 Å². The zero-order valence-corrected chi connectivity index (χ0v) is 16.2. The minimum absolute atomic E-state index is 0.901. The molecule has 0 aromatic heterocycles. The molecule has 0 saturated carbocycles. The number of hydrogen-bond acceptors (Lipinski definition) is 1. The van der Waals surface area contributed by atoms with Crippen LogP contribution in [0.4, 0.5) is 11.4 Å². The molecule has 1 aliphatic carbocycles. The number of hydrogen-bond donors (Lipinski definition) is 0. The van der Waals surface area contributed by atoms with Crippen LogP contribution < -0.4 is 4.90 Å². The summed E-state index contributed by atoms with van der Waals surface area (Å²) in [4.78, 5) is 2.35. The van der Waals surface area contributed by atoms with Gasteiger partial charge in [0.25, 0.3) is 0 Å². The zero-order valence-electron chi connectivity index (χ0n) is 13.3. The highest BCUT2D eigenvalue weighted by atomic mass is 127. The molecule has 0 atom stereocenters. The summed E-state index contributed by atoms with van der Waals surface area (Å²) >= 11 is 8.57. The van der Waals surface area contributed by atoms with E-state index in [1.54, 1.807) is 0 Å². The lowest BCUT2D eigenvalue weighted by Gasteiger charge is -2.30. The summed E-state index contributed by atoms with van der Waals surface area (Å²) in [5.74, 6) is 0. The van der Waals surface area contributed by atoms with Gasteiger partial charge in [0.1, 0.15) is 0 Å². The summed E-state index contributed by atoms with van der Waals surface area (Å²) < 4.78 is 1.25. The first-order valence-electron chi connectivity index (χ1n) is 7.73. The molecule has 0 heterocycles. The largest absolute Gasteiger partial charge is 0.313 e. The van der Waals surface area contributed by atoms with Crippen LogP contribution in [0, 0.1) is 17.4 Å². The average molecular weight is 436 g/mol. The standard InChI is InChI=1S/C20H19ClIN/c1-14-3-8-17(9-4-14)23(18-10-6-16(21)7-11-18)20-12-5-15(2)13-19(20)22/h3-6,8-10,12-13H,7,11H2,1-2H3. The molecule has 118 valence electrons. The van der Waals surface area contributed by atoms with Crippen LogP contribution in [0.1, 0.15) is 24.0 Å². The Morgan fingerprint density at radius 3 is 2.22 bits per heavy atom. The molecule has 0 fully saturated rings. The lowest BCUT2D eigenvalue weighted by atomic mass is 10.1. The molecule has 1 aliphatic rings. The summed E-state index contributed by atoms with van der Waals surface area (Å²) in [5.41, 5.74) is 6.24. The number of halogens is 2. The number of allylic oxidation sites excluding steroid dienone is 4. The molecule has 23 heavy (non-hydrogen) atoms. The monoisotopic (exact) mass is 435 g/mol. The lowest BCUT2D eigenvalue weighted by molar-refractivity contribution is 0.905. The van der Waals surface area contributed by atoms with Crippen LogP contribution in [-0.2, 0) is 0 Å². The van der Waals surface area contributed by atoms with Gasteiger partial charge in [-0.2, -0.15) is 0 Å². The Morgan fingerprint density at radius 1 is 0.913 bits per heavy atom. The van der Waals surface area contributed by atoms with E-state index in [1.165, 1.54) is 31.8 Å².